The summed E-state index contributed by atoms with van der Waals surface area (Å²) in [6.45, 7) is 0.185. The molecule has 1 atom stereocenters. The van der Waals surface area contributed by atoms with Gasteiger partial charge in [0, 0.05) is 10.2 Å². The molecular formula is C18H17BrN4O3. The number of ether oxygens (including phenoxy) is 1. The van der Waals surface area contributed by atoms with Crippen molar-refractivity contribution < 1.29 is 14.6 Å². The summed E-state index contributed by atoms with van der Waals surface area (Å²) in [5.41, 5.74) is 1.37. The molecule has 0 fully saturated rings. The Hall–Kier alpha value is -2.71. The van der Waals surface area contributed by atoms with Gasteiger partial charge >= 0.3 is 0 Å². The highest BCUT2D eigenvalue weighted by atomic mass is 79.9. The highest BCUT2D eigenvalue weighted by molar-refractivity contribution is 9.10. The summed E-state index contributed by atoms with van der Waals surface area (Å²) in [7, 11) is 1.59. The van der Waals surface area contributed by atoms with E-state index in [2.05, 4.69) is 31.3 Å². The molecule has 0 bridgehead atoms. The quantitative estimate of drug-likeness (QED) is 0.644. The lowest BCUT2D eigenvalue weighted by molar-refractivity contribution is 0.101. The van der Waals surface area contributed by atoms with Gasteiger partial charge in [0.05, 0.1) is 19.8 Å². The molecule has 0 radical (unpaired) electrons. The van der Waals surface area contributed by atoms with E-state index < -0.39 is 12.0 Å². The van der Waals surface area contributed by atoms with Crippen molar-refractivity contribution in [2.24, 2.45) is 0 Å². The third kappa shape index (κ3) is 4.47. The van der Waals surface area contributed by atoms with Crippen LogP contribution in [0.15, 0.2) is 59.3 Å². The van der Waals surface area contributed by atoms with Crippen LogP contribution in [0.3, 0.4) is 0 Å². The van der Waals surface area contributed by atoms with E-state index >= 15 is 0 Å². The van der Waals surface area contributed by atoms with Crippen LogP contribution in [0, 0.1) is 0 Å². The summed E-state index contributed by atoms with van der Waals surface area (Å²) in [5.74, 6) is 0.341. The Labute approximate surface area is 158 Å². The maximum Gasteiger partial charge on any atom is 0.295 e. The van der Waals surface area contributed by atoms with Gasteiger partial charge in [0.25, 0.3) is 5.91 Å². The average molecular weight is 417 g/mol. The van der Waals surface area contributed by atoms with Gasteiger partial charge in [-0.1, -0.05) is 28.1 Å². The zero-order valence-electron chi connectivity index (χ0n) is 14.0. The third-order valence-corrected chi connectivity index (χ3v) is 4.23. The van der Waals surface area contributed by atoms with E-state index in [4.69, 9.17) is 4.74 Å². The number of hydrogen-bond acceptors (Lipinski definition) is 5. The molecule has 2 N–H and O–H groups in total. The van der Waals surface area contributed by atoms with Crippen molar-refractivity contribution in [2.45, 2.75) is 12.6 Å². The molecule has 3 rings (SSSR count). The summed E-state index contributed by atoms with van der Waals surface area (Å²) >= 11 is 3.34. The molecule has 0 aliphatic heterocycles. The van der Waals surface area contributed by atoms with Crippen LogP contribution in [-0.4, -0.2) is 32.9 Å². The number of amides is 1. The molecule has 26 heavy (non-hydrogen) atoms. The second kappa shape index (κ2) is 8.11. The number of hydrogen-bond donors (Lipinski definition) is 2. The average Bonchev–Trinajstić information content (AvgIpc) is 3.12. The van der Waals surface area contributed by atoms with Gasteiger partial charge < -0.3 is 15.2 Å². The van der Waals surface area contributed by atoms with Crippen LogP contribution < -0.4 is 10.1 Å². The fourth-order valence-corrected chi connectivity index (χ4v) is 2.58. The van der Waals surface area contributed by atoms with Gasteiger partial charge in [-0.15, -0.1) is 5.10 Å². The lowest BCUT2D eigenvalue weighted by Crippen LogP contribution is -2.15. The summed E-state index contributed by atoms with van der Waals surface area (Å²) in [5, 5.41) is 17.2. The fourth-order valence-electron chi connectivity index (χ4n) is 2.32. The zero-order chi connectivity index (χ0) is 18.5. The minimum Gasteiger partial charge on any atom is -0.497 e. The Morgan fingerprint density at radius 2 is 1.92 bits per heavy atom. The number of nitrogens with one attached hydrogen (secondary N) is 1. The first-order valence-corrected chi connectivity index (χ1v) is 8.63. The van der Waals surface area contributed by atoms with Crippen molar-refractivity contribution in [1.29, 1.82) is 0 Å². The van der Waals surface area contributed by atoms with Gasteiger partial charge in [0.15, 0.2) is 0 Å². The normalized spacial score (nSPS) is 11.8. The molecule has 1 unspecified atom stereocenters. The standard InChI is InChI=1S/C18H17BrN4O3/c1-26-15-8-2-12(3-9-15)16(24)10-23-11-20-17(22-23)18(25)21-14-6-4-13(19)5-7-14/h2-9,11,16,24H,10H2,1H3,(H,21,25). The van der Waals surface area contributed by atoms with Gasteiger partial charge in [-0.05, 0) is 42.0 Å². The van der Waals surface area contributed by atoms with E-state index in [1.165, 1.54) is 11.0 Å². The highest BCUT2D eigenvalue weighted by Gasteiger charge is 2.14. The number of carbonyl (C=O) groups is 1. The van der Waals surface area contributed by atoms with Crippen LogP contribution >= 0.6 is 15.9 Å². The van der Waals surface area contributed by atoms with E-state index in [0.29, 0.717) is 11.4 Å². The highest BCUT2D eigenvalue weighted by Crippen LogP contribution is 2.19. The number of nitrogens with zero attached hydrogens (tertiary/aromatic N) is 3. The molecule has 3 aromatic rings. The number of methoxy groups -OCH3 is 1. The molecule has 2 aromatic carbocycles. The largest absolute Gasteiger partial charge is 0.497 e. The van der Waals surface area contributed by atoms with E-state index in [-0.39, 0.29) is 12.4 Å². The Morgan fingerprint density at radius 3 is 2.58 bits per heavy atom. The number of aliphatic hydroxyl groups is 1. The molecule has 0 aliphatic rings. The molecule has 1 heterocycles. The molecule has 0 saturated carbocycles. The first-order chi connectivity index (χ1) is 12.5. The summed E-state index contributed by atoms with van der Waals surface area (Å²) in [6.07, 6.45) is 0.647. The van der Waals surface area contributed by atoms with Crippen molar-refractivity contribution in [1.82, 2.24) is 14.8 Å². The molecule has 0 aliphatic carbocycles. The van der Waals surface area contributed by atoms with Crippen molar-refractivity contribution in [2.75, 3.05) is 12.4 Å². The number of aromatic nitrogens is 3. The Morgan fingerprint density at radius 1 is 1.23 bits per heavy atom. The molecule has 8 heteroatoms. The number of anilines is 1. The topological polar surface area (TPSA) is 89.3 Å². The predicted octanol–water partition coefficient (Wildman–Crippen LogP) is 3.04. The maximum atomic E-state index is 12.2. The zero-order valence-corrected chi connectivity index (χ0v) is 15.5. The minimum absolute atomic E-state index is 0.0369. The number of carbonyl (C=O) groups excluding carboxylic acids is 1. The Balaban J connectivity index is 1.63. The van der Waals surface area contributed by atoms with E-state index in [9.17, 15) is 9.90 Å². The third-order valence-electron chi connectivity index (χ3n) is 3.70. The number of halogens is 1. The first-order valence-electron chi connectivity index (χ1n) is 7.83. The number of benzene rings is 2. The van der Waals surface area contributed by atoms with Crippen molar-refractivity contribution in [3.8, 4) is 5.75 Å². The SMILES string of the molecule is COc1ccc(C(O)Cn2cnc(C(=O)Nc3ccc(Br)cc3)n2)cc1. The summed E-state index contributed by atoms with van der Waals surface area (Å²) in [4.78, 5) is 16.2. The van der Waals surface area contributed by atoms with Crippen molar-refractivity contribution >= 4 is 27.5 Å². The molecule has 0 spiro atoms. The van der Waals surface area contributed by atoms with Gasteiger partial charge in [-0.2, -0.15) is 0 Å². The molecule has 1 aromatic heterocycles. The van der Waals surface area contributed by atoms with Crippen molar-refractivity contribution in [3.63, 3.8) is 0 Å². The monoisotopic (exact) mass is 416 g/mol. The second-order valence-electron chi connectivity index (χ2n) is 5.54. The van der Waals surface area contributed by atoms with Crippen LogP contribution in [0.5, 0.6) is 5.75 Å². The van der Waals surface area contributed by atoms with Crippen LogP contribution in [0.1, 0.15) is 22.3 Å². The number of rotatable bonds is 6. The van der Waals surface area contributed by atoms with E-state index in [0.717, 1.165) is 10.0 Å². The van der Waals surface area contributed by atoms with Gasteiger partial charge in [0.1, 0.15) is 12.1 Å². The van der Waals surface area contributed by atoms with E-state index in [1.54, 1.807) is 43.5 Å². The second-order valence-corrected chi connectivity index (χ2v) is 6.46. The Kier molecular flexibility index (Phi) is 5.65. The lowest BCUT2D eigenvalue weighted by Gasteiger charge is -2.11. The molecular weight excluding hydrogens is 400 g/mol. The smallest absolute Gasteiger partial charge is 0.295 e. The summed E-state index contributed by atoms with van der Waals surface area (Å²) < 4.78 is 7.45. The summed E-state index contributed by atoms with van der Waals surface area (Å²) in [6, 6.07) is 14.3. The van der Waals surface area contributed by atoms with Gasteiger partial charge in [0.2, 0.25) is 5.82 Å². The van der Waals surface area contributed by atoms with Crippen LogP contribution in [0.25, 0.3) is 0 Å². The lowest BCUT2D eigenvalue weighted by atomic mass is 10.1. The maximum absolute atomic E-state index is 12.2. The molecule has 134 valence electrons. The van der Waals surface area contributed by atoms with Crippen molar-refractivity contribution in [3.05, 3.63) is 70.7 Å². The van der Waals surface area contributed by atoms with Crippen LogP contribution in [0.4, 0.5) is 5.69 Å². The Bertz CT molecular complexity index is 878. The van der Waals surface area contributed by atoms with Gasteiger partial charge in [-0.25, -0.2) is 9.67 Å². The van der Waals surface area contributed by atoms with Gasteiger partial charge in [-0.3, -0.25) is 4.79 Å². The molecule has 7 nitrogen and oxygen atoms in total. The number of aliphatic hydroxyl groups excluding tert-OH is 1. The fraction of sp³-hybridized carbons (Fsp3) is 0.167. The molecule has 0 saturated heterocycles. The minimum atomic E-state index is -0.773. The van der Waals surface area contributed by atoms with E-state index in [1.807, 2.05) is 12.1 Å². The first kappa shape index (κ1) is 18.1. The van der Waals surface area contributed by atoms with Crippen LogP contribution in [-0.2, 0) is 6.54 Å². The van der Waals surface area contributed by atoms with Crippen LogP contribution in [0.2, 0.25) is 0 Å². The predicted molar refractivity (Wildman–Crippen MR) is 100 cm³/mol. The molecule has 1 amide bonds.